The van der Waals surface area contributed by atoms with Crippen molar-refractivity contribution in [1.82, 2.24) is 19.6 Å². The number of nitrogens with zero attached hydrogens (tertiary/aromatic N) is 5. The number of benzene rings is 1. The van der Waals surface area contributed by atoms with Crippen LogP contribution < -0.4 is 15.0 Å². The SMILES string of the molecule is FC(F)(F)Oc1ccc(-c2cnc(N[C@@H]3CCCC[C@H]3C[C@H]3CCCN(c4ccc5ncnn5c4)C3)o2)cc1. The number of anilines is 2. The second kappa shape index (κ2) is 10.8. The fraction of sp³-hybridized carbons (Fsp3) is 0.464. The van der Waals surface area contributed by atoms with Gasteiger partial charge in [0, 0.05) is 24.7 Å². The van der Waals surface area contributed by atoms with E-state index in [2.05, 4.69) is 42.3 Å². The molecular weight excluding hydrogens is 509 g/mol. The molecule has 4 aromatic rings. The van der Waals surface area contributed by atoms with E-state index < -0.39 is 6.36 Å². The molecule has 39 heavy (non-hydrogen) atoms. The molecule has 1 aromatic carbocycles. The van der Waals surface area contributed by atoms with Crippen LogP contribution >= 0.6 is 0 Å². The van der Waals surface area contributed by atoms with Gasteiger partial charge in [-0.3, -0.25) is 0 Å². The molecule has 1 saturated carbocycles. The Labute approximate surface area is 224 Å². The fourth-order valence-electron chi connectivity index (χ4n) is 6.05. The van der Waals surface area contributed by atoms with Crippen molar-refractivity contribution >= 4 is 17.3 Å². The van der Waals surface area contributed by atoms with E-state index in [4.69, 9.17) is 4.42 Å². The third-order valence-electron chi connectivity index (χ3n) is 7.87. The predicted molar refractivity (Wildman–Crippen MR) is 141 cm³/mol. The van der Waals surface area contributed by atoms with E-state index in [0.29, 0.717) is 29.2 Å². The first-order valence-corrected chi connectivity index (χ1v) is 13.5. The van der Waals surface area contributed by atoms with E-state index in [1.54, 1.807) is 12.5 Å². The maximum absolute atomic E-state index is 12.4. The summed E-state index contributed by atoms with van der Waals surface area (Å²) in [6.45, 7) is 2.08. The number of halogens is 3. The van der Waals surface area contributed by atoms with Crippen molar-refractivity contribution in [1.29, 1.82) is 0 Å². The number of fused-ring (bicyclic) bond motifs is 1. The highest BCUT2D eigenvalue weighted by Gasteiger charge is 2.32. The molecule has 11 heteroatoms. The Bertz CT molecular complexity index is 1390. The average Bonchev–Trinajstić information content (AvgIpc) is 3.59. The Morgan fingerprint density at radius 2 is 1.85 bits per heavy atom. The minimum atomic E-state index is -4.72. The molecule has 0 bridgehead atoms. The summed E-state index contributed by atoms with van der Waals surface area (Å²) in [7, 11) is 0. The Morgan fingerprint density at radius 1 is 1.00 bits per heavy atom. The zero-order valence-electron chi connectivity index (χ0n) is 21.5. The summed E-state index contributed by atoms with van der Waals surface area (Å²) in [6.07, 6.45) is 8.69. The molecule has 1 aliphatic carbocycles. The standard InChI is InChI=1S/C28H31F3N6O2/c29-28(30,31)39-23-10-7-20(8-11-23)25-15-32-27(38-25)35-24-6-2-1-5-21(24)14-19-4-3-13-36(16-19)22-9-12-26-33-18-34-37(26)17-22/h7-12,15,17-19,21,24H,1-6,13-14,16H2,(H,32,35)/t19-,21+,24-/m1/s1. The molecule has 6 rings (SSSR count). The van der Waals surface area contributed by atoms with Crippen LogP contribution in [0.25, 0.3) is 17.0 Å². The van der Waals surface area contributed by atoms with E-state index in [0.717, 1.165) is 38.0 Å². The first-order valence-electron chi connectivity index (χ1n) is 13.5. The van der Waals surface area contributed by atoms with E-state index >= 15 is 0 Å². The summed E-state index contributed by atoms with van der Waals surface area (Å²) in [5.74, 6) is 1.36. The van der Waals surface area contributed by atoms with Crippen LogP contribution in [0.15, 0.2) is 59.5 Å². The molecule has 3 aromatic heterocycles. The number of hydrogen-bond acceptors (Lipinski definition) is 7. The maximum Gasteiger partial charge on any atom is 0.573 e. The zero-order chi connectivity index (χ0) is 26.8. The number of aromatic nitrogens is 4. The summed E-state index contributed by atoms with van der Waals surface area (Å²) < 4.78 is 49.0. The second-order valence-corrected chi connectivity index (χ2v) is 10.5. The van der Waals surface area contributed by atoms with E-state index in [9.17, 15) is 13.2 Å². The van der Waals surface area contributed by atoms with Gasteiger partial charge in [0.05, 0.1) is 18.1 Å². The molecule has 1 saturated heterocycles. The van der Waals surface area contributed by atoms with Crippen molar-refractivity contribution in [3.05, 3.63) is 55.1 Å². The van der Waals surface area contributed by atoms with Crippen LogP contribution in [0.4, 0.5) is 24.9 Å². The third kappa shape index (κ3) is 6.12. The van der Waals surface area contributed by atoms with Gasteiger partial charge in [-0.1, -0.05) is 12.8 Å². The molecule has 3 atom stereocenters. The van der Waals surface area contributed by atoms with Gasteiger partial charge in [-0.2, -0.15) is 5.10 Å². The molecule has 0 unspecified atom stereocenters. The van der Waals surface area contributed by atoms with Crippen molar-refractivity contribution in [2.75, 3.05) is 23.3 Å². The van der Waals surface area contributed by atoms with Crippen LogP contribution in [0.3, 0.4) is 0 Å². The summed E-state index contributed by atoms with van der Waals surface area (Å²) in [4.78, 5) is 11.1. The first-order chi connectivity index (χ1) is 18.9. The van der Waals surface area contributed by atoms with Gasteiger partial charge in [-0.05, 0) is 80.3 Å². The molecule has 0 radical (unpaired) electrons. The monoisotopic (exact) mass is 540 g/mol. The van der Waals surface area contributed by atoms with Crippen LogP contribution in [-0.4, -0.2) is 45.1 Å². The van der Waals surface area contributed by atoms with Crippen LogP contribution in [0.5, 0.6) is 5.75 Å². The molecular formula is C28H31F3N6O2. The van der Waals surface area contributed by atoms with E-state index in [1.165, 1.54) is 55.6 Å². The minimum absolute atomic E-state index is 0.269. The van der Waals surface area contributed by atoms with Gasteiger partial charge in [0.15, 0.2) is 11.4 Å². The predicted octanol–water partition coefficient (Wildman–Crippen LogP) is 6.56. The number of rotatable bonds is 7. The van der Waals surface area contributed by atoms with Crippen molar-refractivity contribution in [3.63, 3.8) is 0 Å². The number of alkyl halides is 3. The minimum Gasteiger partial charge on any atom is -0.424 e. The number of nitrogens with one attached hydrogen (secondary N) is 1. The highest BCUT2D eigenvalue weighted by atomic mass is 19.4. The van der Waals surface area contributed by atoms with Gasteiger partial charge in [0.2, 0.25) is 0 Å². The third-order valence-corrected chi connectivity index (χ3v) is 7.87. The van der Waals surface area contributed by atoms with Crippen molar-refractivity contribution < 1.29 is 22.3 Å². The lowest BCUT2D eigenvalue weighted by molar-refractivity contribution is -0.274. The lowest BCUT2D eigenvalue weighted by Crippen LogP contribution is -2.39. The summed E-state index contributed by atoms with van der Waals surface area (Å²) in [5.41, 5.74) is 2.67. The molecule has 0 spiro atoms. The van der Waals surface area contributed by atoms with Gasteiger partial charge >= 0.3 is 6.36 Å². The molecule has 2 fully saturated rings. The Hall–Kier alpha value is -3.76. The van der Waals surface area contributed by atoms with Gasteiger partial charge in [-0.15, -0.1) is 13.2 Å². The molecule has 4 heterocycles. The summed E-state index contributed by atoms with van der Waals surface area (Å²) >= 11 is 0. The first kappa shape index (κ1) is 25.5. The van der Waals surface area contributed by atoms with Crippen LogP contribution in [0, 0.1) is 11.8 Å². The van der Waals surface area contributed by atoms with Crippen molar-refractivity contribution in [2.45, 2.75) is 57.3 Å². The number of ether oxygens (including phenoxy) is 1. The number of hydrogen-bond donors (Lipinski definition) is 1. The molecule has 0 amide bonds. The summed E-state index contributed by atoms with van der Waals surface area (Å²) in [5, 5.41) is 7.81. The number of piperidine rings is 1. The molecule has 2 aliphatic rings. The molecule has 1 aliphatic heterocycles. The van der Waals surface area contributed by atoms with Crippen molar-refractivity contribution in [3.8, 4) is 17.1 Å². The Kier molecular flexibility index (Phi) is 7.05. The second-order valence-electron chi connectivity index (χ2n) is 10.5. The molecule has 206 valence electrons. The maximum atomic E-state index is 12.4. The molecule has 8 nitrogen and oxygen atoms in total. The fourth-order valence-corrected chi connectivity index (χ4v) is 6.05. The smallest absolute Gasteiger partial charge is 0.424 e. The van der Waals surface area contributed by atoms with E-state index in [1.807, 2.05) is 10.6 Å². The lowest BCUT2D eigenvalue weighted by Gasteiger charge is -2.39. The van der Waals surface area contributed by atoms with Gasteiger partial charge in [-0.25, -0.2) is 14.5 Å². The molecule has 1 N–H and O–H groups in total. The Morgan fingerprint density at radius 3 is 2.69 bits per heavy atom. The zero-order valence-corrected chi connectivity index (χ0v) is 21.5. The van der Waals surface area contributed by atoms with Crippen LogP contribution in [-0.2, 0) is 0 Å². The van der Waals surface area contributed by atoms with Crippen molar-refractivity contribution in [2.24, 2.45) is 11.8 Å². The van der Waals surface area contributed by atoms with Crippen LogP contribution in [0.2, 0.25) is 0 Å². The summed E-state index contributed by atoms with van der Waals surface area (Å²) in [6, 6.07) is 10.5. The normalized spacial score (nSPS) is 22.2. The van der Waals surface area contributed by atoms with E-state index in [-0.39, 0.29) is 11.8 Å². The Balaban J connectivity index is 1.08. The largest absolute Gasteiger partial charge is 0.573 e. The van der Waals surface area contributed by atoms with Gasteiger partial charge in [0.25, 0.3) is 6.01 Å². The number of pyridine rings is 1. The average molecular weight is 541 g/mol. The van der Waals surface area contributed by atoms with Gasteiger partial charge in [0.1, 0.15) is 12.1 Å². The highest BCUT2D eigenvalue weighted by Crippen LogP contribution is 2.36. The highest BCUT2D eigenvalue weighted by molar-refractivity contribution is 5.58. The van der Waals surface area contributed by atoms with Crippen LogP contribution in [0.1, 0.15) is 44.9 Å². The topological polar surface area (TPSA) is 80.7 Å². The van der Waals surface area contributed by atoms with Gasteiger partial charge < -0.3 is 19.4 Å². The lowest BCUT2D eigenvalue weighted by atomic mass is 9.77. The quantitative estimate of drug-likeness (QED) is 0.284. The number of oxazole rings is 1.